The number of pyridine rings is 1. The van der Waals surface area contributed by atoms with Gasteiger partial charge in [-0.05, 0) is 44.5 Å². The van der Waals surface area contributed by atoms with Gasteiger partial charge in [-0.1, -0.05) is 17.4 Å². The van der Waals surface area contributed by atoms with Crippen molar-refractivity contribution in [2.24, 2.45) is 0 Å². The summed E-state index contributed by atoms with van der Waals surface area (Å²) in [5.74, 6) is 0.459. The molecule has 1 fully saturated rings. The normalized spacial score (nSPS) is 16.1. The highest BCUT2D eigenvalue weighted by Crippen LogP contribution is 2.37. The Labute approximate surface area is 226 Å². The van der Waals surface area contributed by atoms with E-state index in [1.807, 2.05) is 6.07 Å². The van der Waals surface area contributed by atoms with Gasteiger partial charge in [0.2, 0.25) is 11.8 Å². The molecule has 2 N–H and O–H groups in total. The fraction of sp³-hybridized carbons (Fsp3) is 0.346. The minimum absolute atomic E-state index is 0.0558. The minimum atomic E-state index is -4.59. The van der Waals surface area contributed by atoms with Crippen molar-refractivity contribution in [1.29, 1.82) is 0 Å². The van der Waals surface area contributed by atoms with E-state index < -0.39 is 11.9 Å². The molecular weight excluding hydrogens is 531 g/mol. The third-order valence-electron chi connectivity index (χ3n) is 6.27. The van der Waals surface area contributed by atoms with E-state index in [1.54, 1.807) is 18.2 Å². The Morgan fingerprint density at radius 2 is 2.00 bits per heavy atom. The maximum atomic E-state index is 13.5. The first kappa shape index (κ1) is 26.8. The summed E-state index contributed by atoms with van der Waals surface area (Å²) < 4.78 is 47.4. The van der Waals surface area contributed by atoms with Crippen molar-refractivity contribution in [1.82, 2.24) is 24.8 Å². The predicted octanol–water partition coefficient (Wildman–Crippen LogP) is 5.81. The third-order valence-corrected chi connectivity index (χ3v) is 7.21. The van der Waals surface area contributed by atoms with Gasteiger partial charge in [0, 0.05) is 43.7 Å². The number of alkyl halides is 3. The van der Waals surface area contributed by atoms with Gasteiger partial charge in [0.25, 0.3) is 0 Å². The topological polar surface area (TPSA) is 105 Å². The van der Waals surface area contributed by atoms with Gasteiger partial charge >= 0.3 is 6.18 Å². The lowest BCUT2D eigenvalue weighted by Gasteiger charge is -2.21. The molecule has 4 aromatic rings. The average Bonchev–Trinajstić information content (AvgIpc) is 3.51. The van der Waals surface area contributed by atoms with E-state index in [4.69, 9.17) is 4.74 Å². The molecule has 39 heavy (non-hydrogen) atoms. The van der Waals surface area contributed by atoms with Crippen molar-refractivity contribution in [2.45, 2.75) is 45.5 Å². The SMILES string of the molecule is CC(=O)Nc1nc2c(Oc3cc(-c4ccc(C(F)(F)F)nc4NC4CCN(C(C)C)C4)ncn3)cccc2s1. The van der Waals surface area contributed by atoms with Gasteiger partial charge in [0.1, 0.15) is 23.4 Å². The molecule has 4 heterocycles. The number of fused-ring (bicyclic) bond motifs is 1. The highest BCUT2D eigenvalue weighted by molar-refractivity contribution is 7.22. The van der Waals surface area contributed by atoms with Crippen LogP contribution in [0.15, 0.2) is 42.7 Å². The fourth-order valence-electron chi connectivity index (χ4n) is 4.37. The summed E-state index contributed by atoms with van der Waals surface area (Å²) in [5, 5.41) is 6.32. The van der Waals surface area contributed by atoms with Crippen LogP contribution in [-0.2, 0) is 11.0 Å². The highest BCUT2D eigenvalue weighted by atomic mass is 32.1. The molecular formula is C26H26F3N7O2S. The van der Waals surface area contributed by atoms with Gasteiger partial charge in [0.15, 0.2) is 10.9 Å². The number of carbonyl (C=O) groups excluding carboxylic acids is 1. The molecule has 0 radical (unpaired) electrons. The monoisotopic (exact) mass is 557 g/mol. The standard InChI is InChI=1S/C26H26F3N7O2S/c1-14(2)36-10-9-16(12-36)33-24-17(7-8-21(34-24)26(27,28)29)18-11-22(31-13-30-18)38-19-5-4-6-20-23(19)35-25(39-20)32-15(3)37/h4-8,11,13-14,16H,9-10,12H2,1-3H3,(H,33,34)(H,32,35,37). The van der Waals surface area contributed by atoms with E-state index in [-0.39, 0.29) is 23.6 Å². The van der Waals surface area contributed by atoms with Crippen LogP contribution >= 0.6 is 11.3 Å². The molecule has 13 heteroatoms. The van der Waals surface area contributed by atoms with E-state index in [0.29, 0.717) is 40.2 Å². The van der Waals surface area contributed by atoms with Crippen LogP contribution in [0.5, 0.6) is 11.6 Å². The van der Waals surface area contributed by atoms with Gasteiger partial charge in [0.05, 0.1) is 10.4 Å². The molecule has 0 saturated carbocycles. The second-order valence-corrected chi connectivity index (χ2v) is 10.5. The molecule has 5 rings (SSSR count). The van der Waals surface area contributed by atoms with E-state index >= 15 is 0 Å². The first-order chi connectivity index (χ1) is 18.6. The van der Waals surface area contributed by atoms with Crippen LogP contribution in [0.25, 0.3) is 21.5 Å². The molecule has 1 unspecified atom stereocenters. The lowest BCUT2D eigenvalue weighted by molar-refractivity contribution is -0.141. The number of ether oxygens (including phenoxy) is 1. The largest absolute Gasteiger partial charge is 0.437 e. The number of nitrogens with zero attached hydrogens (tertiary/aromatic N) is 5. The molecule has 0 spiro atoms. The number of nitrogens with one attached hydrogen (secondary N) is 2. The number of benzene rings is 1. The lowest BCUT2D eigenvalue weighted by atomic mass is 10.1. The fourth-order valence-corrected chi connectivity index (χ4v) is 5.30. The maximum absolute atomic E-state index is 13.5. The molecule has 3 aromatic heterocycles. The average molecular weight is 558 g/mol. The van der Waals surface area contributed by atoms with E-state index in [2.05, 4.69) is 49.3 Å². The number of hydrogen-bond donors (Lipinski definition) is 2. The van der Waals surface area contributed by atoms with Crippen LogP contribution in [0.1, 0.15) is 32.9 Å². The number of halogens is 3. The quantitative estimate of drug-likeness (QED) is 0.293. The van der Waals surface area contributed by atoms with Crippen molar-refractivity contribution >= 4 is 38.4 Å². The summed E-state index contributed by atoms with van der Waals surface area (Å²) in [7, 11) is 0. The first-order valence-corrected chi connectivity index (χ1v) is 13.1. The van der Waals surface area contributed by atoms with Gasteiger partial charge < -0.3 is 15.4 Å². The number of para-hydroxylation sites is 1. The number of thiazole rings is 1. The molecule has 1 amide bonds. The first-order valence-electron chi connectivity index (χ1n) is 12.3. The molecule has 1 aliphatic heterocycles. The Hall–Kier alpha value is -3.84. The van der Waals surface area contributed by atoms with Crippen LogP contribution in [0, 0.1) is 0 Å². The summed E-state index contributed by atoms with van der Waals surface area (Å²) in [4.78, 5) is 30.5. The Kier molecular flexibility index (Phi) is 7.36. The minimum Gasteiger partial charge on any atom is -0.437 e. The van der Waals surface area contributed by atoms with Gasteiger partial charge in [-0.15, -0.1) is 0 Å². The smallest absolute Gasteiger partial charge is 0.433 e. The zero-order valence-corrected chi connectivity index (χ0v) is 22.2. The van der Waals surface area contributed by atoms with Crippen LogP contribution in [-0.4, -0.2) is 55.9 Å². The summed E-state index contributed by atoms with van der Waals surface area (Å²) in [6.45, 7) is 7.13. The molecule has 204 valence electrons. The number of likely N-dealkylation sites (tertiary alicyclic amines) is 1. The van der Waals surface area contributed by atoms with E-state index in [1.165, 1.54) is 30.7 Å². The molecule has 0 aliphatic carbocycles. The van der Waals surface area contributed by atoms with Crippen molar-refractivity contribution in [2.75, 3.05) is 23.7 Å². The lowest BCUT2D eigenvalue weighted by Crippen LogP contribution is -2.31. The molecule has 9 nitrogen and oxygen atoms in total. The third kappa shape index (κ3) is 6.09. The molecule has 1 atom stereocenters. The number of amides is 1. The van der Waals surface area contributed by atoms with Gasteiger partial charge in [-0.25, -0.2) is 19.9 Å². The number of rotatable bonds is 7. The van der Waals surface area contributed by atoms with Crippen molar-refractivity contribution in [3.63, 3.8) is 0 Å². The Balaban J connectivity index is 1.46. The van der Waals surface area contributed by atoms with E-state index in [9.17, 15) is 18.0 Å². The van der Waals surface area contributed by atoms with Crippen molar-refractivity contribution in [3.8, 4) is 22.9 Å². The molecule has 1 aliphatic rings. The van der Waals surface area contributed by atoms with Gasteiger partial charge in [-0.2, -0.15) is 13.2 Å². The van der Waals surface area contributed by atoms with E-state index in [0.717, 1.165) is 23.7 Å². The van der Waals surface area contributed by atoms with Crippen LogP contribution in [0.2, 0.25) is 0 Å². The zero-order valence-electron chi connectivity index (χ0n) is 21.4. The Bertz CT molecular complexity index is 1510. The van der Waals surface area contributed by atoms with Crippen molar-refractivity contribution < 1.29 is 22.7 Å². The molecule has 0 bridgehead atoms. The zero-order chi connectivity index (χ0) is 27.7. The van der Waals surface area contributed by atoms with Crippen molar-refractivity contribution in [3.05, 3.63) is 48.4 Å². The number of hydrogen-bond acceptors (Lipinski definition) is 9. The van der Waals surface area contributed by atoms with Crippen LogP contribution in [0.3, 0.4) is 0 Å². The Morgan fingerprint density at radius 3 is 2.72 bits per heavy atom. The summed E-state index contributed by atoms with van der Waals surface area (Å²) in [6, 6.07) is 9.49. The van der Waals surface area contributed by atoms with Gasteiger partial charge in [-0.3, -0.25) is 9.69 Å². The summed E-state index contributed by atoms with van der Waals surface area (Å²) in [5.41, 5.74) is 0.314. The summed E-state index contributed by atoms with van der Waals surface area (Å²) in [6.07, 6.45) is -2.52. The predicted molar refractivity (Wildman–Crippen MR) is 143 cm³/mol. The maximum Gasteiger partial charge on any atom is 0.433 e. The van der Waals surface area contributed by atoms with Crippen LogP contribution < -0.4 is 15.4 Å². The number of aromatic nitrogens is 4. The Morgan fingerprint density at radius 1 is 1.18 bits per heavy atom. The number of carbonyl (C=O) groups is 1. The van der Waals surface area contributed by atoms with Crippen LogP contribution in [0.4, 0.5) is 24.1 Å². The molecule has 1 saturated heterocycles. The highest BCUT2D eigenvalue weighted by Gasteiger charge is 2.34. The second-order valence-electron chi connectivity index (χ2n) is 9.46. The summed E-state index contributed by atoms with van der Waals surface area (Å²) >= 11 is 1.30. The second kappa shape index (κ2) is 10.7. The molecule has 1 aromatic carbocycles. The number of anilines is 2.